The summed E-state index contributed by atoms with van der Waals surface area (Å²) in [6, 6.07) is 0. The van der Waals surface area contributed by atoms with E-state index in [0.717, 1.165) is 39.3 Å². The van der Waals surface area contributed by atoms with Crippen LogP contribution in [0.3, 0.4) is 0 Å². The van der Waals surface area contributed by atoms with Gasteiger partial charge in [0.25, 0.3) is 0 Å². The van der Waals surface area contributed by atoms with Gasteiger partial charge >= 0.3 is 0 Å². The molecule has 2 N–H and O–H groups in total. The third-order valence-electron chi connectivity index (χ3n) is 3.93. The minimum absolute atomic E-state index is 0. The molecule has 4 nitrogen and oxygen atoms in total. The molecule has 1 unspecified atom stereocenters. The lowest BCUT2D eigenvalue weighted by molar-refractivity contribution is -0.122. The van der Waals surface area contributed by atoms with Gasteiger partial charge in [-0.15, -0.1) is 12.4 Å². The molecule has 1 atom stereocenters. The van der Waals surface area contributed by atoms with Crippen LogP contribution in [0.25, 0.3) is 0 Å². The van der Waals surface area contributed by atoms with Crippen molar-refractivity contribution in [2.45, 2.75) is 46.5 Å². The van der Waals surface area contributed by atoms with Gasteiger partial charge in [-0.2, -0.15) is 0 Å². The Morgan fingerprint density at radius 3 is 2.57 bits per heavy atom. The summed E-state index contributed by atoms with van der Waals surface area (Å²) in [7, 11) is 0. The zero-order valence-corrected chi connectivity index (χ0v) is 14.6. The number of halogens is 1. The van der Waals surface area contributed by atoms with Crippen LogP contribution in [0, 0.1) is 17.8 Å². The molecule has 21 heavy (non-hydrogen) atoms. The fourth-order valence-electron chi connectivity index (χ4n) is 2.67. The fourth-order valence-corrected chi connectivity index (χ4v) is 2.67. The highest BCUT2D eigenvalue weighted by Gasteiger charge is 2.21. The summed E-state index contributed by atoms with van der Waals surface area (Å²) in [5.74, 6) is 1.97. The zero-order chi connectivity index (χ0) is 14.8. The molecule has 1 fully saturated rings. The number of carbonyl (C=O) groups is 1. The van der Waals surface area contributed by atoms with Crippen molar-refractivity contribution < 1.29 is 9.53 Å². The molecular formula is C16H33ClN2O2. The van der Waals surface area contributed by atoms with E-state index in [-0.39, 0.29) is 18.3 Å². The van der Waals surface area contributed by atoms with Crippen molar-refractivity contribution in [3.8, 4) is 0 Å². The monoisotopic (exact) mass is 320 g/mol. The highest BCUT2D eigenvalue weighted by Crippen LogP contribution is 2.23. The molecule has 1 amide bonds. The van der Waals surface area contributed by atoms with Gasteiger partial charge in [0, 0.05) is 26.2 Å². The first-order valence-corrected chi connectivity index (χ1v) is 8.14. The molecular weight excluding hydrogens is 288 g/mol. The van der Waals surface area contributed by atoms with E-state index in [1.165, 1.54) is 12.8 Å². The van der Waals surface area contributed by atoms with Crippen molar-refractivity contribution >= 4 is 18.3 Å². The van der Waals surface area contributed by atoms with Crippen LogP contribution in [0.1, 0.15) is 46.5 Å². The van der Waals surface area contributed by atoms with Crippen molar-refractivity contribution in [1.82, 2.24) is 10.6 Å². The molecule has 5 heteroatoms. The summed E-state index contributed by atoms with van der Waals surface area (Å²) in [6.45, 7) is 11.0. The Balaban J connectivity index is 0.00000400. The number of ether oxygens (including phenoxy) is 1. The van der Waals surface area contributed by atoms with Crippen LogP contribution in [0.5, 0.6) is 0 Å². The number of amides is 1. The number of nitrogens with one attached hydrogen (secondary N) is 2. The van der Waals surface area contributed by atoms with Gasteiger partial charge in [-0.1, -0.05) is 20.8 Å². The second-order valence-electron chi connectivity index (χ2n) is 6.44. The zero-order valence-electron chi connectivity index (χ0n) is 13.8. The number of carbonyl (C=O) groups excluding carboxylic acids is 1. The summed E-state index contributed by atoms with van der Waals surface area (Å²) in [5, 5.41) is 6.38. The molecule has 0 aromatic heterocycles. The van der Waals surface area contributed by atoms with Gasteiger partial charge in [0.1, 0.15) is 0 Å². The molecule has 0 aliphatic carbocycles. The SMILES string of the molecule is CC(C)COCCCNC(=O)CC(C)C1CCNCC1.Cl. The van der Waals surface area contributed by atoms with Gasteiger partial charge in [0.05, 0.1) is 0 Å². The van der Waals surface area contributed by atoms with Gasteiger partial charge < -0.3 is 15.4 Å². The Morgan fingerprint density at radius 1 is 1.29 bits per heavy atom. The van der Waals surface area contributed by atoms with Gasteiger partial charge in [0.2, 0.25) is 5.91 Å². The molecule has 0 radical (unpaired) electrons. The predicted octanol–water partition coefficient (Wildman–Crippen LogP) is 2.61. The first-order valence-electron chi connectivity index (χ1n) is 8.14. The summed E-state index contributed by atoms with van der Waals surface area (Å²) >= 11 is 0. The van der Waals surface area contributed by atoms with Gasteiger partial charge in [-0.05, 0) is 50.1 Å². The Morgan fingerprint density at radius 2 is 1.95 bits per heavy atom. The molecule has 1 rings (SSSR count). The Hall–Kier alpha value is -0.320. The molecule has 1 aliphatic heterocycles. The third kappa shape index (κ3) is 10.1. The Bertz CT molecular complexity index is 269. The van der Waals surface area contributed by atoms with E-state index in [1.54, 1.807) is 0 Å². The number of hydrogen-bond acceptors (Lipinski definition) is 3. The maximum atomic E-state index is 11.9. The molecule has 0 saturated carbocycles. The molecule has 1 heterocycles. The smallest absolute Gasteiger partial charge is 0.220 e. The van der Waals surface area contributed by atoms with Crippen LogP contribution in [0.4, 0.5) is 0 Å². The van der Waals surface area contributed by atoms with Crippen LogP contribution < -0.4 is 10.6 Å². The molecule has 1 saturated heterocycles. The second kappa shape index (κ2) is 12.2. The molecule has 0 bridgehead atoms. The van der Waals surface area contributed by atoms with Gasteiger partial charge in [-0.25, -0.2) is 0 Å². The predicted molar refractivity (Wildman–Crippen MR) is 89.9 cm³/mol. The maximum absolute atomic E-state index is 11.9. The largest absolute Gasteiger partial charge is 0.381 e. The van der Waals surface area contributed by atoms with E-state index < -0.39 is 0 Å². The van der Waals surface area contributed by atoms with E-state index >= 15 is 0 Å². The maximum Gasteiger partial charge on any atom is 0.220 e. The standard InChI is InChI=1S/C16H32N2O2.ClH/c1-13(2)12-20-10-4-7-18-16(19)11-14(3)15-5-8-17-9-6-15;/h13-15,17H,4-12H2,1-3H3,(H,18,19);1H. The lowest BCUT2D eigenvalue weighted by atomic mass is 9.84. The minimum atomic E-state index is 0. The summed E-state index contributed by atoms with van der Waals surface area (Å²) in [6.07, 6.45) is 3.98. The molecule has 0 aromatic rings. The van der Waals surface area contributed by atoms with Crippen molar-refractivity contribution in [2.75, 3.05) is 32.8 Å². The number of piperidine rings is 1. The third-order valence-corrected chi connectivity index (χ3v) is 3.93. The first kappa shape index (κ1) is 20.7. The van der Waals surface area contributed by atoms with Crippen molar-refractivity contribution in [3.05, 3.63) is 0 Å². The molecule has 0 aromatic carbocycles. The lowest BCUT2D eigenvalue weighted by Gasteiger charge is -2.27. The Labute approximate surface area is 136 Å². The normalized spacial score (nSPS) is 17.3. The van der Waals surface area contributed by atoms with E-state index in [1.807, 2.05) is 0 Å². The topological polar surface area (TPSA) is 50.4 Å². The van der Waals surface area contributed by atoms with Crippen LogP contribution in [0.2, 0.25) is 0 Å². The summed E-state index contributed by atoms with van der Waals surface area (Å²) in [4.78, 5) is 11.9. The van der Waals surface area contributed by atoms with E-state index in [0.29, 0.717) is 24.2 Å². The fraction of sp³-hybridized carbons (Fsp3) is 0.938. The molecule has 0 spiro atoms. The Kier molecular flexibility index (Phi) is 12.1. The van der Waals surface area contributed by atoms with E-state index in [2.05, 4.69) is 31.4 Å². The number of rotatable bonds is 9. The average Bonchev–Trinajstić information content (AvgIpc) is 2.43. The highest BCUT2D eigenvalue weighted by molar-refractivity contribution is 5.85. The van der Waals surface area contributed by atoms with E-state index in [9.17, 15) is 4.79 Å². The lowest BCUT2D eigenvalue weighted by Crippen LogP contribution is -2.33. The van der Waals surface area contributed by atoms with Crippen LogP contribution in [-0.2, 0) is 9.53 Å². The van der Waals surface area contributed by atoms with Gasteiger partial charge in [-0.3, -0.25) is 4.79 Å². The number of hydrogen-bond donors (Lipinski definition) is 2. The highest BCUT2D eigenvalue weighted by atomic mass is 35.5. The summed E-state index contributed by atoms with van der Waals surface area (Å²) < 4.78 is 5.49. The van der Waals surface area contributed by atoms with Crippen molar-refractivity contribution in [3.63, 3.8) is 0 Å². The molecule has 1 aliphatic rings. The molecule has 126 valence electrons. The van der Waals surface area contributed by atoms with Crippen LogP contribution in [-0.4, -0.2) is 38.8 Å². The average molecular weight is 321 g/mol. The second-order valence-corrected chi connectivity index (χ2v) is 6.44. The van der Waals surface area contributed by atoms with Crippen molar-refractivity contribution in [1.29, 1.82) is 0 Å². The van der Waals surface area contributed by atoms with E-state index in [4.69, 9.17) is 4.74 Å². The van der Waals surface area contributed by atoms with Crippen LogP contribution in [0.15, 0.2) is 0 Å². The van der Waals surface area contributed by atoms with Crippen LogP contribution >= 0.6 is 12.4 Å². The first-order chi connectivity index (χ1) is 9.59. The quantitative estimate of drug-likeness (QED) is 0.642. The van der Waals surface area contributed by atoms with Gasteiger partial charge in [0.15, 0.2) is 0 Å². The minimum Gasteiger partial charge on any atom is -0.381 e. The van der Waals surface area contributed by atoms with Crippen molar-refractivity contribution in [2.24, 2.45) is 17.8 Å². The summed E-state index contributed by atoms with van der Waals surface area (Å²) in [5.41, 5.74) is 0.